The Morgan fingerprint density at radius 1 is 1.43 bits per heavy atom. The third-order valence-corrected chi connectivity index (χ3v) is 2.25. The number of halogens is 1. The Morgan fingerprint density at radius 3 is 2.71 bits per heavy atom. The van der Waals surface area contributed by atoms with Gasteiger partial charge >= 0.3 is 0 Å². The van der Waals surface area contributed by atoms with E-state index in [0.717, 1.165) is 13.0 Å². The molecule has 0 amide bonds. The van der Waals surface area contributed by atoms with Gasteiger partial charge in [-0.3, -0.25) is 0 Å². The van der Waals surface area contributed by atoms with E-state index >= 15 is 0 Å². The molecule has 0 aromatic heterocycles. The van der Waals surface area contributed by atoms with E-state index in [9.17, 15) is 4.39 Å². The summed E-state index contributed by atoms with van der Waals surface area (Å²) in [6.07, 6.45) is 4.22. The van der Waals surface area contributed by atoms with Crippen LogP contribution in [-0.4, -0.2) is 24.2 Å². The van der Waals surface area contributed by atoms with Crippen molar-refractivity contribution in [3.8, 4) is 0 Å². The van der Waals surface area contributed by atoms with Gasteiger partial charge in [-0.25, -0.2) is 4.39 Å². The van der Waals surface area contributed by atoms with Gasteiger partial charge in [0.1, 0.15) is 6.17 Å². The summed E-state index contributed by atoms with van der Waals surface area (Å²) in [5.74, 6) is 0.595. The van der Waals surface area contributed by atoms with Gasteiger partial charge in [0.25, 0.3) is 0 Å². The van der Waals surface area contributed by atoms with Gasteiger partial charge in [-0.2, -0.15) is 0 Å². The number of allylic oxidation sites excluding steroid dienone is 3. The molecule has 14 heavy (non-hydrogen) atoms. The Hall–Kier alpha value is -1.19. The molecule has 3 nitrogen and oxygen atoms in total. The molecule has 1 unspecified atom stereocenters. The molecule has 0 aliphatic carbocycles. The predicted octanol–water partition coefficient (Wildman–Crippen LogP) is 1.08. The highest BCUT2D eigenvalue weighted by Gasteiger charge is 2.18. The molecule has 0 radical (unpaired) electrons. The van der Waals surface area contributed by atoms with Crippen LogP contribution in [0, 0.1) is 0 Å². The topological polar surface area (TPSA) is 55.3 Å². The zero-order valence-corrected chi connectivity index (χ0v) is 8.54. The van der Waals surface area contributed by atoms with E-state index in [1.807, 2.05) is 4.90 Å². The highest BCUT2D eigenvalue weighted by molar-refractivity contribution is 5.12. The van der Waals surface area contributed by atoms with Crippen molar-refractivity contribution in [3.05, 3.63) is 23.7 Å². The van der Waals surface area contributed by atoms with Crippen molar-refractivity contribution in [2.45, 2.75) is 25.9 Å². The summed E-state index contributed by atoms with van der Waals surface area (Å²) < 4.78 is 13.0. The Kier molecular flexibility index (Phi) is 3.80. The van der Waals surface area contributed by atoms with Gasteiger partial charge in [0.15, 0.2) is 0 Å². The Balaban J connectivity index is 2.55. The number of hydrogen-bond donors (Lipinski definition) is 2. The Morgan fingerprint density at radius 2 is 2.14 bits per heavy atom. The van der Waals surface area contributed by atoms with Crippen LogP contribution >= 0.6 is 0 Å². The summed E-state index contributed by atoms with van der Waals surface area (Å²) >= 11 is 0. The van der Waals surface area contributed by atoms with E-state index in [0.29, 0.717) is 24.5 Å². The van der Waals surface area contributed by atoms with Crippen LogP contribution in [0.25, 0.3) is 0 Å². The lowest BCUT2D eigenvalue weighted by Gasteiger charge is -2.30. The maximum Gasteiger partial charge on any atom is 0.118 e. The number of nitrogens with two attached hydrogens (primary N) is 2. The first kappa shape index (κ1) is 10.9. The first-order valence-electron chi connectivity index (χ1n) is 4.88. The van der Waals surface area contributed by atoms with Crippen molar-refractivity contribution in [2.24, 2.45) is 11.5 Å². The summed E-state index contributed by atoms with van der Waals surface area (Å²) in [7, 11) is 0. The van der Waals surface area contributed by atoms with Crippen molar-refractivity contribution in [1.82, 2.24) is 4.90 Å². The fourth-order valence-corrected chi connectivity index (χ4v) is 1.48. The molecule has 0 aromatic carbocycles. The van der Waals surface area contributed by atoms with Crippen molar-refractivity contribution in [1.29, 1.82) is 0 Å². The van der Waals surface area contributed by atoms with Crippen LogP contribution in [0.4, 0.5) is 4.39 Å². The quantitative estimate of drug-likeness (QED) is 0.654. The maximum atomic E-state index is 13.0. The second-order valence-corrected chi connectivity index (χ2v) is 3.69. The van der Waals surface area contributed by atoms with Gasteiger partial charge in [0.05, 0.1) is 12.4 Å². The summed E-state index contributed by atoms with van der Waals surface area (Å²) in [5.41, 5.74) is 11.9. The molecule has 1 fully saturated rings. The van der Waals surface area contributed by atoms with Crippen molar-refractivity contribution in [2.75, 3.05) is 13.1 Å². The maximum absolute atomic E-state index is 13.0. The highest BCUT2D eigenvalue weighted by atomic mass is 19.1. The van der Waals surface area contributed by atoms with E-state index in [-0.39, 0.29) is 0 Å². The zero-order valence-electron chi connectivity index (χ0n) is 8.54. The molecule has 80 valence electrons. The molecule has 1 atom stereocenters. The predicted molar refractivity (Wildman–Crippen MR) is 55.9 cm³/mol. The SMILES string of the molecule is C/C(N)=C/C=C(\N)N1CCCC(F)C1. The van der Waals surface area contributed by atoms with Gasteiger partial charge in [-0.1, -0.05) is 0 Å². The first-order valence-corrected chi connectivity index (χ1v) is 4.88. The molecule has 1 rings (SSSR count). The average Bonchev–Trinajstić information content (AvgIpc) is 2.14. The minimum absolute atomic E-state index is 0.403. The second-order valence-electron chi connectivity index (χ2n) is 3.69. The smallest absolute Gasteiger partial charge is 0.118 e. The number of alkyl halides is 1. The lowest BCUT2D eigenvalue weighted by molar-refractivity contribution is 0.167. The van der Waals surface area contributed by atoms with Gasteiger partial charge in [-0.15, -0.1) is 0 Å². The first-order chi connectivity index (χ1) is 6.59. The Bertz CT molecular complexity index is 244. The van der Waals surface area contributed by atoms with Gasteiger partial charge < -0.3 is 16.4 Å². The third-order valence-electron chi connectivity index (χ3n) is 2.25. The largest absolute Gasteiger partial charge is 0.402 e. The number of piperidine rings is 1. The van der Waals surface area contributed by atoms with Crippen LogP contribution in [0.15, 0.2) is 23.7 Å². The van der Waals surface area contributed by atoms with Crippen LogP contribution in [0.2, 0.25) is 0 Å². The fourth-order valence-electron chi connectivity index (χ4n) is 1.48. The van der Waals surface area contributed by atoms with Crippen molar-refractivity contribution < 1.29 is 4.39 Å². The highest BCUT2D eigenvalue weighted by Crippen LogP contribution is 2.15. The minimum atomic E-state index is -0.751. The van der Waals surface area contributed by atoms with Crippen LogP contribution < -0.4 is 11.5 Å². The molecule has 1 aliphatic heterocycles. The van der Waals surface area contributed by atoms with Crippen LogP contribution in [0.5, 0.6) is 0 Å². The zero-order chi connectivity index (χ0) is 10.6. The van der Waals surface area contributed by atoms with E-state index in [4.69, 9.17) is 11.5 Å². The number of rotatable bonds is 2. The lowest BCUT2D eigenvalue weighted by atomic mass is 10.1. The standard InChI is InChI=1S/C10H18FN3/c1-8(12)4-5-10(13)14-6-2-3-9(11)7-14/h4-5,9H,2-3,6-7,12-13H2,1H3/b8-4-,10-5+. The molecule has 1 saturated heterocycles. The normalized spacial score (nSPS) is 25.3. The summed E-state index contributed by atoms with van der Waals surface area (Å²) in [6.45, 7) is 3.03. The number of likely N-dealkylation sites (tertiary alicyclic amines) is 1. The average molecular weight is 199 g/mol. The molecular formula is C10H18FN3. The lowest BCUT2D eigenvalue weighted by Crippen LogP contribution is -2.38. The molecule has 1 aliphatic rings. The molecular weight excluding hydrogens is 181 g/mol. The molecule has 0 aromatic rings. The molecule has 0 saturated carbocycles. The molecule has 0 spiro atoms. The van der Waals surface area contributed by atoms with Gasteiger partial charge in [-0.05, 0) is 31.9 Å². The molecule has 1 heterocycles. The van der Waals surface area contributed by atoms with Crippen LogP contribution in [-0.2, 0) is 0 Å². The van der Waals surface area contributed by atoms with Gasteiger partial charge in [0, 0.05) is 12.2 Å². The summed E-state index contributed by atoms with van der Waals surface area (Å²) in [6, 6.07) is 0. The van der Waals surface area contributed by atoms with Crippen LogP contribution in [0.1, 0.15) is 19.8 Å². The van der Waals surface area contributed by atoms with Gasteiger partial charge in [0.2, 0.25) is 0 Å². The fraction of sp³-hybridized carbons (Fsp3) is 0.600. The number of hydrogen-bond acceptors (Lipinski definition) is 3. The van der Waals surface area contributed by atoms with Crippen LogP contribution in [0.3, 0.4) is 0 Å². The third kappa shape index (κ3) is 3.28. The van der Waals surface area contributed by atoms with E-state index in [1.165, 1.54) is 0 Å². The van der Waals surface area contributed by atoms with Crippen molar-refractivity contribution >= 4 is 0 Å². The molecule has 4 N–H and O–H groups in total. The van der Waals surface area contributed by atoms with Crippen molar-refractivity contribution in [3.63, 3.8) is 0 Å². The summed E-state index contributed by atoms with van der Waals surface area (Å²) in [5, 5.41) is 0. The number of nitrogens with zero attached hydrogens (tertiary/aromatic N) is 1. The van der Waals surface area contributed by atoms with E-state index in [1.54, 1.807) is 19.1 Å². The monoisotopic (exact) mass is 199 g/mol. The second kappa shape index (κ2) is 4.88. The van der Waals surface area contributed by atoms with E-state index in [2.05, 4.69) is 0 Å². The van der Waals surface area contributed by atoms with E-state index < -0.39 is 6.17 Å². The Labute approximate surface area is 84.2 Å². The molecule has 0 bridgehead atoms. The summed E-state index contributed by atoms with van der Waals surface area (Å²) in [4.78, 5) is 1.85. The molecule has 4 heteroatoms. The minimum Gasteiger partial charge on any atom is -0.402 e.